The van der Waals surface area contributed by atoms with E-state index >= 15 is 0 Å². The maximum Gasteiger partial charge on any atom is 0.124 e. The van der Waals surface area contributed by atoms with Crippen LogP contribution in [0.15, 0.2) is 58.4 Å². The number of nitrogen functional groups attached to an aromatic ring is 1. The molecule has 3 aromatic rings. The van der Waals surface area contributed by atoms with Crippen LogP contribution in [0.5, 0.6) is 0 Å². The highest BCUT2D eigenvalue weighted by molar-refractivity contribution is 9.10. The van der Waals surface area contributed by atoms with E-state index in [1.807, 2.05) is 36.4 Å². The van der Waals surface area contributed by atoms with Crippen molar-refractivity contribution in [3.05, 3.63) is 58.4 Å². The normalized spacial score (nSPS) is 10.6. The van der Waals surface area contributed by atoms with Crippen molar-refractivity contribution in [3.63, 3.8) is 0 Å². The van der Waals surface area contributed by atoms with Gasteiger partial charge in [0.25, 0.3) is 0 Å². The summed E-state index contributed by atoms with van der Waals surface area (Å²) in [5.74, 6) is 0. The Kier molecular flexibility index (Phi) is 3.36. The van der Waals surface area contributed by atoms with E-state index in [1.54, 1.807) is 11.3 Å². The molecule has 0 aliphatic heterocycles. The summed E-state index contributed by atoms with van der Waals surface area (Å²) < 4.78 is 1.06. The fourth-order valence-corrected chi connectivity index (χ4v) is 3.08. The average Bonchev–Trinajstić information content (AvgIpc) is 2.88. The van der Waals surface area contributed by atoms with Gasteiger partial charge in [0.2, 0.25) is 0 Å². The summed E-state index contributed by atoms with van der Waals surface area (Å²) >= 11 is 5.11. The Morgan fingerprint density at radius 1 is 1.00 bits per heavy atom. The van der Waals surface area contributed by atoms with Crippen LogP contribution >= 0.6 is 27.3 Å². The zero-order valence-electron chi connectivity index (χ0n) is 10.0. The van der Waals surface area contributed by atoms with Crippen molar-refractivity contribution in [1.82, 2.24) is 4.98 Å². The first kappa shape index (κ1) is 12.4. The predicted molar refractivity (Wildman–Crippen MR) is 85.1 cm³/mol. The SMILES string of the molecule is Nc1cccc(-c2nc(-c3cccc(Br)c3)cs2)c1. The van der Waals surface area contributed by atoms with Gasteiger partial charge in [-0.1, -0.05) is 40.2 Å². The Labute approximate surface area is 124 Å². The van der Waals surface area contributed by atoms with Gasteiger partial charge >= 0.3 is 0 Å². The number of nitrogens with zero attached hydrogens (tertiary/aromatic N) is 1. The average molecular weight is 331 g/mol. The van der Waals surface area contributed by atoms with E-state index in [2.05, 4.69) is 38.4 Å². The number of anilines is 1. The van der Waals surface area contributed by atoms with Crippen molar-refractivity contribution in [2.45, 2.75) is 0 Å². The standard InChI is InChI=1S/C15H11BrN2S/c16-12-5-1-3-10(7-12)14-9-19-15(18-14)11-4-2-6-13(17)8-11/h1-9H,17H2. The number of halogens is 1. The fourth-order valence-electron chi connectivity index (χ4n) is 1.86. The Bertz CT molecular complexity index is 661. The van der Waals surface area contributed by atoms with Crippen LogP contribution in [0.2, 0.25) is 0 Å². The highest BCUT2D eigenvalue weighted by Crippen LogP contribution is 2.30. The van der Waals surface area contributed by atoms with Gasteiger partial charge in [-0.3, -0.25) is 0 Å². The molecule has 0 radical (unpaired) electrons. The molecule has 2 N–H and O–H groups in total. The van der Waals surface area contributed by atoms with E-state index < -0.39 is 0 Å². The predicted octanol–water partition coefficient (Wildman–Crippen LogP) is 4.82. The summed E-state index contributed by atoms with van der Waals surface area (Å²) in [6.45, 7) is 0. The molecule has 0 aliphatic carbocycles. The van der Waals surface area contributed by atoms with Crippen LogP contribution in [-0.4, -0.2) is 4.98 Å². The van der Waals surface area contributed by atoms with Crippen LogP contribution in [-0.2, 0) is 0 Å². The first-order valence-electron chi connectivity index (χ1n) is 5.80. The van der Waals surface area contributed by atoms with Gasteiger partial charge in [-0.05, 0) is 24.3 Å². The molecule has 3 rings (SSSR count). The number of aromatic nitrogens is 1. The second-order valence-electron chi connectivity index (χ2n) is 4.17. The quantitative estimate of drug-likeness (QED) is 0.684. The van der Waals surface area contributed by atoms with Crippen LogP contribution in [0.3, 0.4) is 0 Å². The lowest BCUT2D eigenvalue weighted by atomic mass is 10.2. The molecular formula is C15H11BrN2S. The first-order chi connectivity index (χ1) is 9.22. The third-order valence-corrected chi connectivity index (χ3v) is 4.14. The Morgan fingerprint density at radius 3 is 2.58 bits per heavy atom. The van der Waals surface area contributed by atoms with Crippen molar-refractivity contribution in [3.8, 4) is 21.8 Å². The molecule has 1 aromatic heterocycles. The second kappa shape index (κ2) is 5.15. The van der Waals surface area contributed by atoms with Crippen molar-refractivity contribution < 1.29 is 0 Å². The van der Waals surface area contributed by atoms with Gasteiger partial charge in [0.05, 0.1) is 5.69 Å². The number of rotatable bonds is 2. The van der Waals surface area contributed by atoms with Crippen molar-refractivity contribution in [2.75, 3.05) is 5.73 Å². The lowest BCUT2D eigenvalue weighted by Crippen LogP contribution is -1.85. The number of thiazole rings is 1. The maximum atomic E-state index is 5.80. The minimum absolute atomic E-state index is 0.761. The molecule has 0 amide bonds. The molecule has 94 valence electrons. The van der Waals surface area contributed by atoms with E-state index in [1.165, 1.54) is 0 Å². The number of benzene rings is 2. The summed E-state index contributed by atoms with van der Waals surface area (Å²) in [6.07, 6.45) is 0. The Morgan fingerprint density at radius 2 is 1.79 bits per heavy atom. The van der Waals surface area contributed by atoms with Crippen LogP contribution in [0.25, 0.3) is 21.8 Å². The largest absolute Gasteiger partial charge is 0.399 e. The molecule has 0 saturated carbocycles. The first-order valence-corrected chi connectivity index (χ1v) is 7.47. The summed E-state index contributed by atoms with van der Waals surface area (Å²) in [4.78, 5) is 4.68. The summed E-state index contributed by atoms with van der Waals surface area (Å²) in [7, 11) is 0. The summed E-state index contributed by atoms with van der Waals surface area (Å²) in [5.41, 5.74) is 9.73. The van der Waals surface area contributed by atoms with Crippen LogP contribution in [0, 0.1) is 0 Å². The van der Waals surface area contributed by atoms with E-state index in [-0.39, 0.29) is 0 Å². The monoisotopic (exact) mass is 330 g/mol. The van der Waals surface area contributed by atoms with E-state index in [0.29, 0.717) is 0 Å². The van der Waals surface area contributed by atoms with Crippen molar-refractivity contribution in [2.24, 2.45) is 0 Å². The molecule has 1 heterocycles. The Balaban J connectivity index is 2.00. The van der Waals surface area contributed by atoms with E-state index in [4.69, 9.17) is 5.73 Å². The van der Waals surface area contributed by atoms with Gasteiger partial charge in [-0.2, -0.15) is 0 Å². The minimum Gasteiger partial charge on any atom is -0.399 e. The summed E-state index contributed by atoms with van der Waals surface area (Å²) in [6, 6.07) is 16.0. The Hall–Kier alpha value is -1.65. The van der Waals surface area contributed by atoms with Crippen molar-refractivity contribution in [1.29, 1.82) is 0 Å². The molecule has 19 heavy (non-hydrogen) atoms. The zero-order valence-corrected chi connectivity index (χ0v) is 12.4. The molecule has 0 unspecified atom stereocenters. The summed E-state index contributed by atoms with van der Waals surface area (Å²) in [5, 5.41) is 3.06. The number of hydrogen-bond acceptors (Lipinski definition) is 3. The highest BCUT2D eigenvalue weighted by atomic mass is 79.9. The van der Waals surface area contributed by atoms with Crippen LogP contribution in [0.4, 0.5) is 5.69 Å². The van der Waals surface area contributed by atoms with E-state index in [9.17, 15) is 0 Å². The second-order valence-corrected chi connectivity index (χ2v) is 5.95. The molecule has 0 atom stereocenters. The highest BCUT2D eigenvalue weighted by Gasteiger charge is 2.07. The van der Waals surface area contributed by atoms with Crippen LogP contribution in [0.1, 0.15) is 0 Å². The third kappa shape index (κ3) is 2.69. The molecule has 0 bridgehead atoms. The third-order valence-electron chi connectivity index (χ3n) is 2.76. The lowest BCUT2D eigenvalue weighted by Gasteiger charge is -1.99. The smallest absolute Gasteiger partial charge is 0.124 e. The van der Waals surface area contributed by atoms with Gasteiger partial charge in [0.1, 0.15) is 5.01 Å². The molecule has 4 heteroatoms. The van der Waals surface area contributed by atoms with Gasteiger partial charge in [0.15, 0.2) is 0 Å². The van der Waals surface area contributed by atoms with Gasteiger partial charge < -0.3 is 5.73 Å². The lowest BCUT2D eigenvalue weighted by molar-refractivity contribution is 1.40. The fraction of sp³-hybridized carbons (Fsp3) is 0. The van der Waals surface area contributed by atoms with Gasteiger partial charge in [-0.15, -0.1) is 11.3 Å². The molecule has 0 saturated heterocycles. The zero-order chi connectivity index (χ0) is 13.2. The number of hydrogen-bond donors (Lipinski definition) is 1. The van der Waals surface area contributed by atoms with Gasteiger partial charge in [0, 0.05) is 26.7 Å². The van der Waals surface area contributed by atoms with Crippen LogP contribution < -0.4 is 5.73 Å². The molecule has 0 aliphatic rings. The molecule has 2 aromatic carbocycles. The molecule has 2 nitrogen and oxygen atoms in total. The van der Waals surface area contributed by atoms with E-state index in [0.717, 1.165) is 32.0 Å². The molecule has 0 fully saturated rings. The maximum absolute atomic E-state index is 5.80. The van der Waals surface area contributed by atoms with Crippen molar-refractivity contribution >= 4 is 33.0 Å². The number of nitrogens with two attached hydrogens (primary N) is 1. The minimum atomic E-state index is 0.761. The molecule has 0 spiro atoms. The van der Waals surface area contributed by atoms with Gasteiger partial charge in [-0.25, -0.2) is 4.98 Å². The topological polar surface area (TPSA) is 38.9 Å². The molecular weight excluding hydrogens is 320 g/mol.